The quantitative estimate of drug-likeness (QED) is 0.918. The van der Waals surface area contributed by atoms with Crippen molar-refractivity contribution in [2.24, 2.45) is 0 Å². The molecule has 1 atom stereocenters. The number of hydrogen-bond acceptors (Lipinski definition) is 3. The molecule has 1 aliphatic heterocycles. The lowest BCUT2D eigenvalue weighted by molar-refractivity contribution is 0.0610. The van der Waals surface area contributed by atoms with Crippen LogP contribution in [-0.2, 0) is 0 Å². The molecular weight excluding hydrogens is 259 g/mol. The summed E-state index contributed by atoms with van der Waals surface area (Å²) in [5.41, 5.74) is 0.119. The van der Waals surface area contributed by atoms with Gasteiger partial charge >= 0.3 is 0 Å². The summed E-state index contributed by atoms with van der Waals surface area (Å²) in [4.78, 5) is 14.3. The fourth-order valence-electron chi connectivity index (χ4n) is 2.67. The first kappa shape index (κ1) is 14.8. The molecule has 1 aliphatic rings. The highest BCUT2D eigenvalue weighted by molar-refractivity contribution is 5.95. The van der Waals surface area contributed by atoms with E-state index in [1.54, 1.807) is 11.0 Å². The number of piperidine rings is 1. The number of likely N-dealkylation sites (N-methyl/N-ethyl adjacent to an activating group) is 1. The van der Waals surface area contributed by atoms with Crippen molar-refractivity contribution >= 4 is 5.91 Å². The van der Waals surface area contributed by atoms with Gasteiger partial charge < -0.3 is 15.0 Å². The Hall–Kier alpha value is -1.62. The first-order valence-electron chi connectivity index (χ1n) is 6.96. The molecule has 1 heterocycles. The van der Waals surface area contributed by atoms with Crippen LogP contribution in [0.5, 0.6) is 5.75 Å². The zero-order valence-corrected chi connectivity index (χ0v) is 12.0. The molecule has 2 rings (SSSR count). The average Bonchev–Trinajstić information content (AvgIpc) is 2.47. The molecule has 0 aromatic heterocycles. The van der Waals surface area contributed by atoms with Crippen LogP contribution in [-0.4, -0.2) is 44.1 Å². The lowest BCUT2D eigenvalue weighted by atomic mass is 10.0. The molecule has 5 heteroatoms. The number of carbonyl (C=O) groups is 1. The summed E-state index contributed by atoms with van der Waals surface area (Å²) in [5.74, 6) is -0.335. The van der Waals surface area contributed by atoms with Gasteiger partial charge in [-0.2, -0.15) is 0 Å². The monoisotopic (exact) mass is 280 g/mol. The van der Waals surface area contributed by atoms with Crippen LogP contribution in [0.1, 0.15) is 29.6 Å². The molecule has 1 aromatic carbocycles. The Bertz CT molecular complexity index is 477. The van der Waals surface area contributed by atoms with Gasteiger partial charge in [0.1, 0.15) is 11.6 Å². The van der Waals surface area contributed by atoms with E-state index in [0.717, 1.165) is 25.8 Å². The van der Waals surface area contributed by atoms with Gasteiger partial charge in [-0.3, -0.25) is 4.79 Å². The molecule has 1 N–H and O–H groups in total. The molecule has 0 bridgehead atoms. The van der Waals surface area contributed by atoms with Crippen molar-refractivity contribution in [2.75, 3.05) is 27.2 Å². The highest BCUT2D eigenvalue weighted by atomic mass is 19.1. The Morgan fingerprint density at radius 1 is 1.50 bits per heavy atom. The van der Waals surface area contributed by atoms with Gasteiger partial charge in [-0.1, -0.05) is 0 Å². The lowest BCUT2D eigenvalue weighted by Crippen LogP contribution is -2.48. The zero-order valence-electron chi connectivity index (χ0n) is 12.0. The van der Waals surface area contributed by atoms with Crippen molar-refractivity contribution < 1.29 is 13.9 Å². The van der Waals surface area contributed by atoms with Crippen LogP contribution in [0, 0.1) is 5.82 Å². The van der Waals surface area contributed by atoms with E-state index in [1.165, 1.54) is 19.2 Å². The van der Waals surface area contributed by atoms with E-state index in [0.29, 0.717) is 12.3 Å². The van der Waals surface area contributed by atoms with Gasteiger partial charge in [0.25, 0.3) is 5.91 Å². The van der Waals surface area contributed by atoms with E-state index in [-0.39, 0.29) is 17.5 Å². The summed E-state index contributed by atoms with van der Waals surface area (Å²) in [7, 11) is 3.34. The summed E-state index contributed by atoms with van der Waals surface area (Å²) in [6, 6.07) is 4.52. The number of hydrogen-bond donors (Lipinski definition) is 1. The normalized spacial score (nSPS) is 18.9. The van der Waals surface area contributed by atoms with Crippen molar-refractivity contribution in [2.45, 2.75) is 25.3 Å². The first-order valence-corrected chi connectivity index (χ1v) is 6.96. The second kappa shape index (κ2) is 6.70. The molecule has 0 radical (unpaired) electrons. The number of amides is 1. The fourth-order valence-corrected chi connectivity index (χ4v) is 2.67. The van der Waals surface area contributed by atoms with E-state index in [1.807, 2.05) is 7.05 Å². The van der Waals surface area contributed by atoms with Crippen molar-refractivity contribution in [1.29, 1.82) is 0 Å². The van der Waals surface area contributed by atoms with Crippen molar-refractivity contribution in [3.05, 3.63) is 29.6 Å². The van der Waals surface area contributed by atoms with Crippen molar-refractivity contribution in [3.8, 4) is 5.75 Å². The number of rotatable bonds is 4. The number of nitrogens with one attached hydrogen (secondary N) is 1. The highest BCUT2D eigenvalue weighted by Crippen LogP contribution is 2.22. The number of nitrogens with zero attached hydrogens (tertiary/aromatic N) is 1. The van der Waals surface area contributed by atoms with Gasteiger partial charge in [-0.25, -0.2) is 4.39 Å². The molecule has 0 saturated carbocycles. The molecule has 1 amide bonds. The average molecular weight is 280 g/mol. The van der Waals surface area contributed by atoms with Crippen molar-refractivity contribution in [1.82, 2.24) is 10.2 Å². The maximum Gasteiger partial charge on any atom is 0.257 e. The second-order valence-corrected chi connectivity index (χ2v) is 5.05. The minimum Gasteiger partial charge on any atom is -0.497 e. The molecule has 0 spiro atoms. The predicted molar refractivity (Wildman–Crippen MR) is 75.6 cm³/mol. The Balaban J connectivity index is 2.20. The number of carbonyl (C=O) groups excluding carboxylic acids is 1. The summed E-state index contributed by atoms with van der Waals surface area (Å²) in [5, 5.41) is 3.10. The molecular formula is C15H21FN2O2. The van der Waals surface area contributed by atoms with Gasteiger partial charge in [0.05, 0.1) is 12.7 Å². The molecule has 20 heavy (non-hydrogen) atoms. The van der Waals surface area contributed by atoms with Gasteiger partial charge in [0.2, 0.25) is 0 Å². The van der Waals surface area contributed by atoms with E-state index in [4.69, 9.17) is 4.74 Å². The molecule has 0 aliphatic carbocycles. The van der Waals surface area contributed by atoms with E-state index >= 15 is 0 Å². The van der Waals surface area contributed by atoms with Gasteiger partial charge in [-0.15, -0.1) is 0 Å². The Morgan fingerprint density at radius 2 is 2.30 bits per heavy atom. The summed E-state index contributed by atoms with van der Waals surface area (Å²) >= 11 is 0. The minimum absolute atomic E-state index is 0.119. The minimum atomic E-state index is -0.525. The van der Waals surface area contributed by atoms with Crippen LogP contribution >= 0.6 is 0 Å². The number of methoxy groups -OCH3 is 1. The smallest absolute Gasteiger partial charge is 0.257 e. The maximum atomic E-state index is 14.0. The van der Waals surface area contributed by atoms with Crippen LogP contribution < -0.4 is 10.1 Å². The molecule has 1 saturated heterocycles. The highest BCUT2D eigenvalue weighted by Gasteiger charge is 2.28. The van der Waals surface area contributed by atoms with Crippen LogP contribution in [0.2, 0.25) is 0 Å². The maximum absolute atomic E-state index is 14.0. The fraction of sp³-hybridized carbons (Fsp3) is 0.533. The third kappa shape index (κ3) is 3.10. The largest absolute Gasteiger partial charge is 0.497 e. The van der Waals surface area contributed by atoms with Gasteiger partial charge in [0, 0.05) is 25.2 Å². The van der Waals surface area contributed by atoms with E-state index < -0.39 is 5.82 Å². The summed E-state index contributed by atoms with van der Waals surface area (Å²) < 4.78 is 19.0. The van der Waals surface area contributed by atoms with Crippen LogP contribution in [0.15, 0.2) is 18.2 Å². The first-order chi connectivity index (χ1) is 9.67. The molecule has 1 fully saturated rings. The molecule has 1 aromatic rings. The third-order valence-electron chi connectivity index (χ3n) is 3.73. The molecule has 110 valence electrons. The Morgan fingerprint density at radius 3 is 2.95 bits per heavy atom. The second-order valence-electron chi connectivity index (χ2n) is 5.05. The summed E-state index contributed by atoms with van der Waals surface area (Å²) in [6.07, 6.45) is 3.05. The van der Waals surface area contributed by atoms with Crippen molar-refractivity contribution in [3.63, 3.8) is 0 Å². The Labute approximate surface area is 118 Å². The van der Waals surface area contributed by atoms with Crippen LogP contribution in [0.25, 0.3) is 0 Å². The number of ether oxygens (including phenoxy) is 1. The summed E-state index contributed by atoms with van der Waals surface area (Å²) in [6.45, 7) is 1.43. The number of likely N-dealkylation sites (tertiary alicyclic amines) is 1. The molecule has 4 nitrogen and oxygen atoms in total. The van der Waals surface area contributed by atoms with E-state index in [2.05, 4.69) is 5.32 Å². The Kier molecular flexibility index (Phi) is 4.95. The van der Waals surface area contributed by atoms with Gasteiger partial charge in [-0.05, 0) is 38.4 Å². The molecule has 1 unspecified atom stereocenters. The van der Waals surface area contributed by atoms with Gasteiger partial charge in [0.15, 0.2) is 0 Å². The number of benzene rings is 1. The number of halogens is 1. The predicted octanol–water partition coefficient (Wildman–Crippen LogP) is 2.05. The van der Waals surface area contributed by atoms with Crippen LogP contribution in [0.3, 0.4) is 0 Å². The topological polar surface area (TPSA) is 41.6 Å². The zero-order chi connectivity index (χ0) is 14.5. The SMILES string of the molecule is CNCC1CCCCN1C(=O)c1ccc(OC)cc1F. The standard InChI is InChI=1S/C15H21FN2O2/c1-17-10-11-5-3-4-8-18(11)15(19)13-7-6-12(20-2)9-14(13)16/h6-7,9,11,17H,3-5,8,10H2,1-2H3. The third-order valence-corrected chi connectivity index (χ3v) is 3.73. The van der Waals surface area contributed by atoms with E-state index in [9.17, 15) is 9.18 Å². The lowest BCUT2D eigenvalue weighted by Gasteiger charge is -2.35. The van der Waals surface area contributed by atoms with Crippen LogP contribution in [0.4, 0.5) is 4.39 Å².